The number of hydrogen-bond acceptors (Lipinski definition) is 0. The maximum Gasteiger partial charge on any atom is 0.125 e. The molecule has 0 amide bonds. The molecule has 0 unspecified atom stereocenters. The highest BCUT2D eigenvalue weighted by atomic mass is 15.0. The molecule has 0 spiro atoms. The van der Waals surface area contributed by atoms with Crippen LogP contribution in [0.5, 0.6) is 0 Å². The van der Waals surface area contributed by atoms with Crippen molar-refractivity contribution >= 4 is 0 Å². The minimum Gasteiger partial charge on any atom is -0.337 e. The van der Waals surface area contributed by atoms with Gasteiger partial charge in [-0.15, -0.1) is 0 Å². The first-order chi connectivity index (χ1) is 3.00. The molecule has 6 heavy (non-hydrogen) atoms. The lowest BCUT2D eigenvalue weighted by molar-refractivity contribution is -0.787. The summed E-state index contributed by atoms with van der Waals surface area (Å²) in [6.07, 6.45) is 0. The molecule has 4 N–H and O–H groups in total. The smallest absolute Gasteiger partial charge is 0.125 e. The molecule has 0 aliphatic carbocycles. The minimum absolute atomic E-state index is 1.32. The zero-order chi connectivity index (χ0) is 4.24. The first-order valence-corrected chi connectivity index (χ1v) is 2.63. The third-order valence-electron chi connectivity index (χ3n) is 1.15. The Kier molecular flexibility index (Phi) is 1.47. The standard InChI is InChI=1S/C4H10N2/c1-2-6-4-3-5-1/h5-6H,1-4H2/p+2. The van der Waals surface area contributed by atoms with Crippen LogP contribution < -0.4 is 10.6 Å². The SMILES string of the molecule is C1C[NH2+]CC[NH2+]1. The van der Waals surface area contributed by atoms with Crippen molar-refractivity contribution in [2.45, 2.75) is 0 Å². The second-order valence-electron chi connectivity index (χ2n) is 1.73. The van der Waals surface area contributed by atoms with Crippen molar-refractivity contribution in [1.82, 2.24) is 0 Å². The van der Waals surface area contributed by atoms with Gasteiger partial charge in [0.15, 0.2) is 0 Å². The van der Waals surface area contributed by atoms with Crippen LogP contribution in [0.4, 0.5) is 0 Å². The van der Waals surface area contributed by atoms with Gasteiger partial charge in [-0.25, -0.2) is 0 Å². The van der Waals surface area contributed by atoms with Gasteiger partial charge in [0.25, 0.3) is 0 Å². The van der Waals surface area contributed by atoms with Crippen LogP contribution in [-0.2, 0) is 0 Å². The molecule has 0 atom stereocenters. The Morgan fingerprint density at radius 2 is 1.00 bits per heavy atom. The van der Waals surface area contributed by atoms with Crippen molar-refractivity contribution in [1.29, 1.82) is 0 Å². The molecule has 0 radical (unpaired) electrons. The van der Waals surface area contributed by atoms with Crippen molar-refractivity contribution in [2.24, 2.45) is 0 Å². The lowest BCUT2D eigenvalue weighted by atomic mass is 10.4. The zero-order valence-electron chi connectivity index (χ0n) is 3.98. The van der Waals surface area contributed by atoms with E-state index in [2.05, 4.69) is 10.6 Å². The largest absolute Gasteiger partial charge is 0.337 e. The fourth-order valence-electron chi connectivity index (χ4n) is 0.760. The van der Waals surface area contributed by atoms with Gasteiger partial charge in [0.2, 0.25) is 0 Å². The normalized spacial score (nSPS) is 24.0. The van der Waals surface area contributed by atoms with Gasteiger partial charge in [0.05, 0.1) is 0 Å². The van der Waals surface area contributed by atoms with Crippen LogP contribution in [0, 0.1) is 0 Å². The predicted octanol–water partition coefficient (Wildman–Crippen LogP) is -2.87. The third-order valence-corrected chi connectivity index (χ3v) is 1.15. The Morgan fingerprint density at radius 1 is 0.667 bits per heavy atom. The van der Waals surface area contributed by atoms with Crippen LogP contribution >= 0.6 is 0 Å². The van der Waals surface area contributed by atoms with Crippen LogP contribution in [0.2, 0.25) is 0 Å². The van der Waals surface area contributed by atoms with Crippen molar-refractivity contribution in [3.63, 3.8) is 0 Å². The molecule has 1 heterocycles. The molecule has 1 aliphatic heterocycles. The summed E-state index contributed by atoms with van der Waals surface area (Å²) < 4.78 is 0. The molecular weight excluding hydrogens is 76.1 g/mol. The molecule has 0 aromatic carbocycles. The van der Waals surface area contributed by atoms with Crippen molar-refractivity contribution < 1.29 is 10.6 Å². The van der Waals surface area contributed by atoms with Gasteiger partial charge >= 0.3 is 0 Å². The molecule has 1 fully saturated rings. The van der Waals surface area contributed by atoms with Gasteiger partial charge in [-0.3, -0.25) is 0 Å². The van der Waals surface area contributed by atoms with E-state index in [-0.39, 0.29) is 0 Å². The third kappa shape index (κ3) is 0.954. The lowest BCUT2D eigenvalue weighted by Gasteiger charge is -2.04. The fourth-order valence-corrected chi connectivity index (χ4v) is 0.760. The van der Waals surface area contributed by atoms with Crippen LogP contribution in [0.25, 0.3) is 0 Å². The van der Waals surface area contributed by atoms with E-state index in [9.17, 15) is 0 Å². The molecule has 1 saturated heterocycles. The predicted molar refractivity (Wildman–Crippen MR) is 23.3 cm³/mol. The molecule has 1 rings (SSSR count). The molecular formula is C4H12N2+2. The summed E-state index contributed by atoms with van der Waals surface area (Å²) >= 11 is 0. The van der Waals surface area contributed by atoms with Crippen molar-refractivity contribution in [2.75, 3.05) is 26.2 Å². The van der Waals surface area contributed by atoms with Gasteiger partial charge in [-0.05, 0) is 0 Å². The Labute approximate surface area is 37.9 Å². The second kappa shape index (κ2) is 2.16. The molecule has 0 aromatic rings. The van der Waals surface area contributed by atoms with Gasteiger partial charge in [-0.2, -0.15) is 0 Å². The van der Waals surface area contributed by atoms with E-state index in [1.54, 1.807) is 0 Å². The van der Waals surface area contributed by atoms with E-state index in [0.29, 0.717) is 0 Å². The van der Waals surface area contributed by atoms with E-state index in [4.69, 9.17) is 0 Å². The average Bonchev–Trinajstić information content (AvgIpc) is 1.72. The van der Waals surface area contributed by atoms with Crippen LogP contribution in [0.15, 0.2) is 0 Å². The second-order valence-corrected chi connectivity index (χ2v) is 1.73. The molecule has 0 bridgehead atoms. The zero-order valence-corrected chi connectivity index (χ0v) is 3.98. The fraction of sp³-hybridized carbons (Fsp3) is 1.00. The monoisotopic (exact) mass is 88.1 g/mol. The summed E-state index contributed by atoms with van der Waals surface area (Å²) in [6, 6.07) is 0. The highest BCUT2D eigenvalue weighted by molar-refractivity contribution is 4.23. The van der Waals surface area contributed by atoms with Crippen LogP contribution in [0.3, 0.4) is 0 Å². The summed E-state index contributed by atoms with van der Waals surface area (Å²) in [5.74, 6) is 0. The average molecular weight is 88.2 g/mol. The summed E-state index contributed by atoms with van der Waals surface area (Å²) in [5.41, 5.74) is 0. The first-order valence-electron chi connectivity index (χ1n) is 2.63. The quantitative estimate of drug-likeness (QED) is 0.319. The van der Waals surface area contributed by atoms with E-state index >= 15 is 0 Å². The molecule has 0 saturated carbocycles. The van der Waals surface area contributed by atoms with E-state index in [1.807, 2.05) is 0 Å². The Bertz CT molecular complexity index is 21.0. The highest BCUT2D eigenvalue weighted by Gasteiger charge is 1.99. The molecule has 2 heteroatoms. The van der Waals surface area contributed by atoms with Crippen molar-refractivity contribution in [3.8, 4) is 0 Å². The number of quaternary nitrogens is 2. The molecule has 0 aromatic heterocycles. The Hall–Kier alpha value is -0.0800. The van der Waals surface area contributed by atoms with Gasteiger partial charge in [0, 0.05) is 0 Å². The minimum atomic E-state index is 1.32. The number of hydrogen-bond donors (Lipinski definition) is 2. The summed E-state index contributed by atoms with van der Waals surface area (Å²) in [4.78, 5) is 0. The maximum atomic E-state index is 2.36. The van der Waals surface area contributed by atoms with Crippen LogP contribution in [-0.4, -0.2) is 26.2 Å². The van der Waals surface area contributed by atoms with Crippen LogP contribution in [0.1, 0.15) is 0 Å². The molecule has 1 aliphatic rings. The highest BCUT2D eigenvalue weighted by Crippen LogP contribution is 1.40. The molecule has 2 nitrogen and oxygen atoms in total. The summed E-state index contributed by atoms with van der Waals surface area (Å²) in [6.45, 7) is 5.28. The topological polar surface area (TPSA) is 33.2 Å². The Morgan fingerprint density at radius 3 is 1.17 bits per heavy atom. The summed E-state index contributed by atoms with van der Waals surface area (Å²) in [5, 5.41) is 4.72. The lowest BCUT2D eigenvalue weighted by Crippen LogP contribution is -3.04. The van der Waals surface area contributed by atoms with Crippen molar-refractivity contribution in [3.05, 3.63) is 0 Å². The van der Waals surface area contributed by atoms with Gasteiger partial charge < -0.3 is 10.6 Å². The number of rotatable bonds is 0. The number of piperazine rings is 1. The number of nitrogens with two attached hydrogens (primary N) is 2. The Balaban J connectivity index is 2.00. The molecule has 36 valence electrons. The first kappa shape index (κ1) is 4.09. The van der Waals surface area contributed by atoms with E-state index in [0.717, 1.165) is 0 Å². The maximum absolute atomic E-state index is 2.36. The van der Waals surface area contributed by atoms with Gasteiger partial charge in [-0.1, -0.05) is 0 Å². The van der Waals surface area contributed by atoms with Gasteiger partial charge in [0.1, 0.15) is 26.2 Å². The van der Waals surface area contributed by atoms with E-state index in [1.165, 1.54) is 26.2 Å². The van der Waals surface area contributed by atoms with E-state index < -0.39 is 0 Å². The summed E-state index contributed by atoms with van der Waals surface area (Å²) in [7, 11) is 0.